The summed E-state index contributed by atoms with van der Waals surface area (Å²) in [5, 5.41) is 0. The van der Waals surface area contributed by atoms with Crippen LogP contribution in [-0.2, 0) is 0 Å². The van der Waals surface area contributed by atoms with Gasteiger partial charge in [-0.3, -0.25) is 14.0 Å². The molecule has 1 heterocycles. The molecule has 0 spiro atoms. The van der Waals surface area contributed by atoms with Gasteiger partial charge in [0.05, 0.1) is 0 Å². The van der Waals surface area contributed by atoms with Gasteiger partial charge in [0.15, 0.2) is 9.84 Å². The maximum absolute atomic E-state index is 2.69. The Hall–Kier alpha value is 0.0969. The van der Waals surface area contributed by atoms with E-state index in [1.807, 2.05) is 0 Å². The third kappa shape index (κ3) is 2.79. The van der Waals surface area contributed by atoms with Gasteiger partial charge >= 0.3 is 0 Å². The van der Waals surface area contributed by atoms with E-state index >= 15 is 0 Å². The van der Waals surface area contributed by atoms with Gasteiger partial charge in [-0.05, 0) is 33.5 Å². The average molecular weight is 215 g/mol. The van der Waals surface area contributed by atoms with E-state index in [0.29, 0.717) is 6.29 Å². The van der Waals surface area contributed by atoms with Crippen molar-refractivity contribution < 1.29 is 0 Å². The number of unbranched alkanes of at least 4 members (excludes halogenated alkanes) is 1. The van der Waals surface area contributed by atoms with Crippen molar-refractivity contribution in [2.45, 2.75) is 39.4 Å². The second kappa shape index (κ2) is 5.85. The van der Waals surface area contributed by atoms with Crippen LogP contribution in [0, 0.1) is 0 Å². The first-order valence-electron chi connectivity index (χ1n) is 5.85. The lowest BCUT2D eigenvalue weighted by atomic mass is 10.3. The van der Waals surface area contributed by atoms with E-state index in [1.54, 1.807) is 0 Å². The first-order chi connectivity index (χ1) is 6.70. The number of hydrogen-bond acceptors (Lipinski definition) is 3. The number of nitrogens with zero attached hydrogens (tertiary/aromatic N) is 3. The summed E-state index contributed by atoms with van der Waals surface area (Å²) in [4.78, 5) is 2.48. The lowest BCUT2D eigenvalue weighted by molar-refractivity contribution is -0.0155. The highest BCUT2D eigenvalue weighted by Gasteiger charge is 2.35. The van der Waals surface area contributed by atoms with E-state index in [-0.39, 0.29) is 9.84 Å². The lowest BCUT2D eigenvalue weighted by Crippen LogP contribution is -2.70. The summed E-state index contributed by atoms with van der Waals surface area (Å²) in [5.74, 6) is 0. The first-order valence-corrected chi connectivity index (χ1v) is 7.11. The molecule has 1 fully saturated rings. The monoisotopic (exact) mass is 215 g/mol. The summed E-state index contributed by atoms with van der Waals surface area (Å²) in [6, 6.07) is 0. The Morgan fingerprint density at radius 3 is 2.50 bits per heavy atom. The molecule has 1 atom stereocenters. The van der Waals surface area contributed by atoms with E-state index in [2.05, 4.69) is 42.0 Å². The molecule has 0 aromatic carbocycles. The Morgan fingerprint density at radius 2 is 2.00 bits per heavy atom. The van der Waals surface area contributed by atoms with E-state index in [9.17, 15) is 0 Å². The van der Waals surface area contributed by atoms with Crippen LogP contribution in [0.25, 0.3) is 0 Å². The molecule has 0 aromatic heterocycles. The zero-order valence-electron chi connectivity index (χ0n) is 10.2. The quantitative estimate of drug-likeness (QED) is 0.603. The van der Waals surface area contributed by atoms with Gasteiger partial charge in [-0.1, -0.05) is 20.3 Å². The van der Waals surface area contributed by atoms with Crippen LogP contribution in [0.4, 0.5) is 0 Å². The van der Waals surface area contributed by atoms with E-state index < -0.39 is 0 Å². The largest absolute Gasteiger partial charge is 0.292 e. The normalized spacial score (nSPS) is 25.9. The summed E-state index contributed by atoms with van der Waals surface area (Å²) in [6.07, 6.45) is 4.55. The molecule has 4 heteroatoms. The van der Waals surface area contributed by atoms with Gasteiger partial charge in [-0.15, -0.1) is 0 Å². The predicted octanol–water partition coefficient (Wildman–Crippen LogP) is 0.658. The van der Waals surface area contributed by atoms with Gasteiger partial charge < -0.3 is 0 Å². The summed E-state index contributed by atoms with van der Waals surface area (Å²) >= 11 is 0. The molecule has 14 heavy (non-hydrogen) atoms. The topological polar surface area (TPSA) is 9.72 Å². The highest BCUT2D eigenvalue weighted by Crippen LogP contribution is 2.17. The lowest BCUT2D eigenvalue weighted by Gasteiger charge is -2.53. The molecule has 0 aliphatic carbocycles. The molecule has 1 rings (SSSR count). The molecule has 0 aromatic rings. The highest BCUT2D eigenvalue weighted by atomic mass is 28.2. The maximum atomic E-state index is 2.69. The van der Waals surface area contributed by atoms with E-state index in [4.69, 9.17) is 0 Å². The molecule has 0 amide bonds. The Morgan fingerprint density at radius 1 is 1.29 bits per heavy atom. The molecule has 0 N–H and O–H groups in total. The SMILES string of the molecule is CCCCN1[SiH2]N(C)C1N(C)CCC. The molecule has 0 radical (unpaired) electrons. The fourth-order valence-corrected chi connectivity index (χ4v) is 4.24. The van der Waals surface area contributed by atoms with E-state index in [1.165, 1.54) is 32.4 Å². The predicted molar refractivity (Wildman–Crippen MR) is 64.6 cm³/mol. The van der Waals surface area contributed by atoms with Crippen LogP contribution in [0.15, 0.2) is 0 Å². The van der Waals surface area contributed by atoms with Crippen LogP contribution >= 0.6 is 0 Å². The smallest absolute Gasteiger partial charge is 0.177 e. The molecule has 84 valence electrons. The zero-order valence-corrected chi connectivity index (χ0v) is 11.6. The van der Waals surface area contributed by atoms with Crippen molar-refractivity contribution in [1.82, 2.24) is 14.0 Å². The Kier molecular flexibility index (Phi) is 5.09. The van der Waals surface area contributed by atoms with Gasteiger partial charge in [0.2, 0.25) is 0 Å². The van der Waals surface area contributed by atoms with Crippen molar-refractivity contribution in [2.24, 2.45) is 0 Å². The summed E-state index contributed by atoms with van der Waals surface area (Å²) in [5.41, 5.74) is 0. The van der Waals surface area contributed by atoms with Crippen molar-refractivity contribution >= 4 is 9.84 Å². The fourth-order valence-electron chi connectivity index (χ4n) is 2.25. The van der Waals surface area contributed by atoms with Crippen molar-refractivity contribution in [3.05, 3.63) is 0 Å². The Bertz CT molecular complexity index is 165. The Balaban J connectivity index is 2.32. The van der Waals surface area contributed by atoms with Gasteiger partial charge in [-0.25, -0.2) is 0 Å². The minimum Gasteiger partial charge on any atom is -0.292 e. The molecule has 0 bridgehead atoms. The summed E-state index contributed by atoms with van der Waals surface area (Å²) < 4.78 is 5.24. The first kappa shape index (κ1) is 12.2. The van der Waals surface area contributed by atoms with Crippen LogP contribution in [0.1, 0.15) is 33.1 Å². The molecule has 1 aliphatic rings. The average Bonchev–Trinajstić information content (AvgIpc) is 2.12. The number of rotatable bonds is 6. The molecular formula is C10H25N3Si. The van der Waals surface area contributed by atoms with Crippen LogP contribution in [0.2, 0.25) is 0 Å². The van der Waals surface area contributed by atoms with Gasteiger partial charge in [0.25, 0.3) is 0 Å². The summed E-state index contributed by atoms with van der Waals surface area (Å²) in [6.45, 7) is 7.05. The van der Waals surface area contributed by atoms with Gasteiger partial charge in [-0.2, -0.15) is 0 Å². The second-order valence-corrected chi connectivity index (χ2v) is 6.48. The van der Waals surface area contributed by atoms with Gasteiger partial charge in [0.1, 0.15) is 6.29 Å². The minimum atomic E-state index is -0.0592. The molecule has 1 unspecified atom stereocenters. The van der Waals surface area contributed by atoms with E-state index in [0.717, 1.165) is 0 Å². The van der Waals surface area contributed by atoms with Crippen molar-refractivity contribution in [3.8, 4) is 0 Å². The Labute approximate surface area is 91.0 Å². The summed E-state index contributed by atoms with van der Waals surface area (Å²) in [7, 11) is 4.46. The molecular weight excluding hydrogens is 190 g/mol. The van der Waals surface area contributed by atoms with Crippen LogP contribution in [0.5, 0.6) is 0 Å². The van der Waals surface area contributed by atoms with Crippen LogP contribution < -0.4 is 0 Å². The standard InChI is InChI=1S/C10H25N3Si/c1-5-7-9-13-10(12(4)14-13)11(3)8-6-2/h10H,5-9,14H2,1-4H3. The van der Waals surface area contributed by atoms with Crippen LogP contribution in [-0.4, -0.2) is 57.3 Å². The highest BCUT2D eigenvalue weighted by molar-refractivity contribution is 6.31. The molecule has 1 aliphatic heterocycles. The zero-order chi connectivity index (χ0) is 10.6. The van der Waals surface area contributed by atoms with Crippen molar-refractivity contribution in [2.75, 3.05) is 27.2 Å². The van der Waals surface area contributed by atoms with Gasteiger partial charge in [0, 0.05) is 6.54 Å². The third-order valence-electron chi connectivity index (χ3n) is 2.89. The van der Waals surface area contributed by atoms with Crippen molar-refractivity contribution in [1.29, 1.82) is 0 Å². The van der Waals surface area contributed by atoms with Crippen molar-refractivity contribution in [3.63, 3.8) is 0 Å². The minimum absolute atomic E-state index is 0.0592. The second-order valence-electron chi connectivity index (χ2n) is 4.39. The maximum Gasteiger partial charge on any atom is 0.177 e. The molecule has 0 saturated carbocycles. The number of hydrogen-bond donors (Lipinski definition) is 0. The fraction of sp³-hybridized carbons (Fsp3) is 1.00. The third-order valence-corrected chi connectivity index (χ3v) is 4.67. The molecule has 1 saturated heterocycles. The molecule has 3 nitrogen and oxygen atoms in total. The van der Waals surface area contributed by atoms with Crippen LogP contribution in [0.3, 0.4) is 0 Å².